The molecule has 7 nitrogen and oxygen atoms in total. The van der Waals surface area contributed by atoms with Gasteiger partial charge in [-0.25, -0.2) is 4.98 Å². The Kier molecular flexibility index (Phi) is 6.86. The van der Waals surface area contributed by atoms with Gasteiger partial charge < -0.3 is 20.1 Å². The third kappa shape index (κ3) is 5.38. The predicted molar refractivity (Wildman–Crippen MR) is 133 cm³/mol. The standard InChI is InChI=1S/C26H27ClN4O3/c1-16(33)31-26(2,3)19-9-11-20(12-10-19)34-25-28-22-15-21(27)23(29-24(22)30-25)18-8-4-6-17(14-18)7-5-13-32/h4,6,8-12,14-15,32H,5,7,13H2,1-3H3,(H,31,33)(H,28,29,30). The molecule has 0 atom stereocenters. The molecule has 0 aliphatic heterocycles. The summed E-state index contributed by atoms with van der Waals surface area (Å²) in [6.45, 7) is 5.54. The monoisotopic (exact) mass is 478 g/mol. The molecule has 0 bridgehead atoms. The van der Waals surface area contributed by atoms with E-state index >= 15 is 0 Å². The van der Waals surface area contributed by atoms with Crippen LogP contribution >= 0.6 is 11.6 Å². The first kappa shape index (κ1) is 23.7. The zero-order chi connectivity index (χ0) is 24.3. The molecular weight excluding hydrogens is 452 g/mol. The van der Waals surface area contributed by atoms with Crippen LogP contribution in [0, 0.1) is 0 Å². The molecule has 2 aromatic carbocycles. The number of halogens is 1. The highest BCUT2D eigenvalue weighted by atomic mass is 35.5. The maximum absolute atomic E-state index is 11.5. The summed E-state index contributed by atoms with van der Waals surface area (Å²) >= 11 is 6.54. The summed E-state index contributed by atoms with van der Waals surface area (Å²) in [5.74, 6) is 0.513. The lowest BCUT2D eigenvalue weighted by molar-refractivity contribution is -0.120. The number of aliphatic hydroxyl groups is 1. The summed E-state index contributed by atoms with van der Waals surface area (Å²) in [6.07, 6.45) is 1.49. The number of hydrogen-bond acceptors (Lipinski definition) is 5. The highest BCUT2D eigenvalue weighted by molar-refractivity contribution is 6.33. The second-order valence-electron chi connectivity index (χ2n) is 8.69. The number of nitrogens with zero attached hydrogens (tertiary/aromatic N) is 2. The molecule has 0 spiro atoms. The van der Waals surface area contributed by atoms with E-state index in [-0.39, 0.29) is 12.5 Å². The van der Waals surface area contributed by atoms with Crippen molar-refractivity contribution in [3.8, 4) is 23.0 Å². The number of hydrogen-bond donors (Lipinski definition) is 3. The number of carbonyl (C=O) groups is 1. The number of ether oxygens (including phenoxy) is 1. The second kappa shape index (κ2) is 9.83. The second-order valence-corrected chi connectivity index (χ2v) is 9.10. The number of aryl methyl sites for hydroxylation is 1. The lowest BCUT2D eigenvalue weighted by Gasteiger charge is -2.26. The van der Waals surface area contributed by atoms with Gasteiger partial charge in [0, 0.05) is 19.1 Å². The van der Waals surface area contributed by atoms with E-state index in [0.29, 0.717) is 40.1 Å². The number of fused-ring (bicyclic) bond motifs is 1. The smallest absolute Gasteiger partial charge is 0.301 e. The summed E-state index contributed by atoms with van der Waals surface area (Å²) in [6, 6.07) is 17.5. The number of aromatic nitrogens is 3. The van der Waals surface area contributed by atoms with Crippen LogP contribution in [0.15, 0.2) is 54.6 Å². The van der Waals surface area contributed by atoms with Gasteiger partial charge in [0.2, 0.25) is 5.91 Å². The number of imidazole rings is 1. The zero-order valence-corrected chi connectivity index (χ0v) is 20.1. The quantitative estimate of drug-likeness (QED) is 0.316. The minimum Gasteiger partial charge on any atom is -0.426 e. The molecular formula is C26H27ClN4O3. The van der Waals surface area contributed by atoms with E-state index in [4.69, 9.17) is 21.4 Å². The molecule has 176 valence electrons. The molecule has 0 unspecified atom stereocenters. The van der Waals surface area contributed by atoms with Crippen molar-refractivity contribution in [1.82, 2.24) is 20.3 Å². The third-order valence-electron chi connectivity index (χ3n) is 5.51. The molecule has 1 amide bonds. The number of amides is 1. The molecule has 0 aliphatic rings. The number of aliphatic hydroxyl groups excluding tert-OH is 1. The van der Waals surface area contributed by atoms with E-state index in [0.717, 1.165) is 23.1 Å². The van der Waals surface area contributed by atoms with Gasteiger partial charge in [-0.05, 0) is 62.1 Å². The SMILES string of the molecule is CC(=O)NC(C)(C)c1ccc(Oc2nc3nc(-c4cccc(CCCO)c4)c(Cl)cc3[nH]2)cc1. The Hall–Kier alpha value is -3.42. The highest BCUT2D eigenvalue weighted by Gasteiger charge is 2.21. The fraction of sp³-hybridized carbons (Fsp3) is 0.269. The van der Waals surface area contributed by atoms with E-state index < -0.39 is 5.54 Å². The summed E-state index contributed by atoms with van der Waals surface area (Å²) in [5, 5.41) is 12.5. The van der Waals surface area contributed by atoms with Gasteiger partial charge in [0.1, 0.15) is 5.75 Å². The Bertz CT molecular complexity index is 1320. The lowest BCUT2D eigenvalue weighted by atomic mass is 9.94. The van der Waals surface area contributed by atoms with Crippen molar-refractivity contribution in [3.63, 3.8) is 0 Å². The molecule has 3 N–H and O–H groups in total. The molecule has 0 saturated heterocycles. The van der Waals surface area contributed by atoms with Gasteiger partial charge in [0.15, 0.2) is 5.65 Å². The molecule has 34 heavy (non-hydrogen) atoms. The first-order valence-electron chi connectivity index (χ1n) is 11.1. The highest BCUT2D eigenvalue weighted by Crippen LogP contribution is 2.31. The number of H-pyrrole nitrogens is 1. The zero-order valence-electron chi connectivity index (χ0n) is 19.4. The Morgan fingerprint density at radius 2 is 1.91 bits per heavy atom. The third-order valence-corrected chi connectivity index (χ3v) is 5.80. The minimum atomic E-state index is -0.490. The molecule has 2 aromatic heterocycles. The average molecular weight is 479 g/mol. The van der Waals surface area contributed by atoms with Gasteiger partial charge in [-0.2, -0.15) is 4.98 Å². The summed E-state index contributed by atoms with van der Waals surface area (Å²) in [7, 11) is 0. The van der Waals surface area contributed by atoms with E-state index in [1.807, 2.05) is 62.4 Å². The van der Waals surface area contributed by atoms with Crippen LogP contribution in [-0.4, -0.2) is 32.6 Å². The Morgan fingerprint density at radius 1 is 1.15 bits per heavy atom. The summed E-state index contributed by atoms with van der Waals surface area (Å²) in [5.41, 5.74) is 4.28. The van der Waals surface area contributed by atoms with Crippen LogP contribution in [0.4, 0.5) is 0 Å². The fourth-order valence-corrected chi connectivity index (χ4v) is 4.13. The first-order valence-corrected chi connectivity index (χ1v) is 11.5. The number of pyridine rings is 1. The molecule has 2 heterocycles. The Labute approximate surface area is 203 Å². The molecule has 4 rings (SSSR count). The van der Waals surface area contributed by atoms with Crippen molar-refractivity contribution >= 4 is 28.7 Å². The van der Waals surface area contributed by atoms with Crippen molar-refractivity contribution in [2.45, 2.75) is 39.2 Å². The van der Waals surface area contributed by atoms with Crippen LogP contribution in [-0.2, 0) is 16.8 Å². The predicted octanol–water partition coefficient (Wildman–Crippen LogP) is 5.37. The van der Waals surface area contributed by atoms with Gasteiger partial charge in [-0.15, -0.1) is 0 Å². The lowest BCUT2D eigenvalue weighted by Crippen LogP contribution is -2.39. The van der Waals surface area contributed by atoms with E-state index in [1.165, 1.54) is 6.92 Å². The summed E-state index contributed by atoms with van der Waals surface area (Å²) in [4.78, 5) is 23.7. The van der Waals surface area contributed by atoms with Crippen molar-refractivity contribution in [2.75, 3.05) is 6.61 Å². The Balaban J connectivity index is 1.56. The fourth-order valence-electron chi connectivity index (χ4n) is 3.87. The van der Waals surface area contributed by atoms with Gasteiger partial charge in [0.05, 0.1) is 21.8 Å². The maximum atomic E-state index is 11.5. The van der Waals surface area contributed by atoms with Crippen LogP contribution in [0.1, 0.15) is 38.3 Å². The van der Waals surface area contributed by atoms with Crippen LogP contribution in [0.25, 0.3) is 22.4 Å². The molecule has 0 radical (unpaired) electrons. The largest absolute Gasteiger partial charge is 0.426 e. The number of benzene rings is 2. The molecule has 0 saturated carbocycles. The van der Waals surface area contributed by atoms with Crippen LogP contribution < -0.4 is 10.1 Å². The van der Waals surface area contributed by atoms with E-state index in [9.17, 15) is 4.79 Å². The van der Waals surface area contributed by atoms with E-state index in [1.54, 1.807) is 6.07 Å². The molecule has 4 aromatic rings. The topological polar surface area (TPSA) is 100 Å². The molecule has 8 heteroatoms. The summed E-state index contributed by atoms with van der Waals surface area (Å²) < 4.78 is 5.90. The van der Waals surface area contributed by atoms with Crippen molar-refractivity contribution in [1.29, 1.82) is 0 Å². The van der Waals surface area contributed by atoms with E-state index in [2.05, 4.69) is 20.3 Å². The average Bonchev–Trinajstić information content (AvgIpc) is 3.17. The number of nitrogens with one attached hydrogen (secondary N) is 2. The van der Waals surface area contributed by atoms with Crippen molar-refractivity contribution in [3.05, 3.63) is 70.7 Å². The first-order chi connectivity index (χ1) is 16.2. The number of carbonyl (C=O) groups excluding carboxylic acids is 1. The number of aromatic amines is 1. The van der Waals surface area contributed by atoms with Gasteiger partial charge >= 0.3 is 6.01 Å². The van der Waals surface area contributed by atoms with Crippen molar-refractivity contribution in [2.24, 2.45) is 0 Å². The normalized spacial score (nSPS) is 11.6. The molecule has 0 aliphatic carbocycles. The van der Waals surface area contributed by atoms with Gasteiger partial charge in [0.25, 0.3) is 0 Å². The minimum absolute atomic E-state index is 0.0879. The van der Waals surface area contributed by atoms with Crippen LogP contribution in [0.5, 0.6) is 11.8 Å². The van der Waals surface area contributed by atoms with Crippen LogP contribution in [0.2, 0.25) is 5.02 Å². The van der Waals surface area contributed by atoms with Gasteiger partial charge in [-0.3, -0.25) is 4.79 Å². The maximum Gasteiger partial charge on any atom is 0.301 e. The van der Waals surface area contributed by atoms with Gasteiger partial charge in [-0.1, -0.05) is 41.9 Å². The Morgan fingerprint density at radius 3 is 2.62 bits per heavy atom. The van der Waals surface area contributed by atoms with Crippen molar-refractivity contribution < 1.29 is 14.6 Å². The van der Waals surface area contributed by atoms with Crippen LogP contribution in [0.3, 0.4) is 0 Å². The number of rotatable bonds is 8. The molecule has 0 fully saturated rings.